The fourth-order valence-corrected chi connectivity index (χ4v) is 3.84. The molecule has 27 heavy (non-hydrogen) atoms. The van der Waals surface area contributed by atoms with Gasteiger partial charge in [-0.25, -0.2) is 13.1 Å². The SMILES string of the molecule is O=C(O)CC(CCc1ccccc1)NS(=O)(=O)c1cccc(C(F)(F)F)c1. The lowest BCUT2D eigenvalue weighted by atomic mass is 10.0. The molecule has 0 saturated carbocycles. The van der Waals surface area contributed by atoms with Crippen LogP contribution in [-0.2, 0) is 27.4 Å². The summed E-state index contributed by atoms with van der Waals surface area (Å²) in [6.07, 6.45) is -4.55. The summed E-state index contributed by atoms with van der Waals surface area (Å²) in [5, 5.41) is 9.02. The third-order valence-electron chi connectivity index (χ3n) is 3.84. The number of alkyl halides is 3. The molecule has 2 rings (SSSR count). The molecule has 1 unspecified atom stereocenters. The number of rotatable bonds is 8. The van der Waals surface area contributed by atoms with Crippen LogP contribution in [0.25, 0.3) is 0 Å². The maximum absolute atomic E-state index is 12.8. The molecule has 0 fully saturated rings. The first-order valence-corrected chi connectivity index (χ1v) is 9.51. The first-order valence-electron chi connectivity index (χ1n) is 8.03. The van der Waals surface area contributed by atoms with Crippen molar-refractivity contribution in [2.45, 2.75) is 36.4 Å². The third kappa shape index (κ3) is 6.37. The first kappa shape index (κ1) is 20.9. The molecule has 0 aliphatic heterocycles. The van der Waals surface area contributed by atoms with Gasteiger partial charge in [0.25, 0.3) is 0 Å². The van der Waals surface area contributed by atoms with Crippen LogP contribution in [0.2, 0.25) is 0 Å². The maximum Gasteiger partial charge on any atom is 0.416 e. The van der Waals surface area contributed by atoms with E-state index in [2.05, 4.69) is 4.72 Å². The lowest BCUT2D eigenvalue weighted by Crippen LogP contribution is -2.37. The Morgan fingerprint density at radius 3 is 2.33 bits per heavy atom. The van der Waals surface area contributed by atoms with Crippen molar-refractivity contribution in [3.63, 3.8) is 0 Å². The molecule has 0 bridgehead atoms. The van der Waals surface area contributed by atoms with Gasteiger partial charge in [-0.1, -0.05) is 36.4 Å². The van der Waals surface area contributed by atoms with E-state index >= 15 is 0 Å². The molecular formula is C18H18F3NO4S. The molecule has 0 saturated heterocycles. The molecule has 2 N–H and O–H groups in total. The van der Waals surface area contributed by atoms with Crippen molar-refractivity contribution in [2.24, 2.45) is 0 Å². The van der Waals surface area contributed by atoms with Crippen LogP contribution in [0.1, 0.15) is 24.0 Å². The highest BCUT2D eigenvalue weighted by atomic mass is 32.2. The highest BCUT2D eigenvalue weighted by Gasteiger charge is 2.32. The summed E-state index contributed by atoms with van der Waals surface area (Å²) < 4.78 is 65.5. The summed E-state index contributed by atoms with van der Waals surface area (Å²) >= 11 is 0. The van der Waals surface area contributed by atoms with E-state index in [1.807, 2.05) is 18.2 Å². The monoisotopic (exact) mass is 401 g/mol. The lowest BCUT2D eigenvalue weighted by molar-refractivity contribution is -0.138. The van der Waals surface area contributed by atoms with Crippen LogP contribution in [0.5, 0.6) is 0 Å². The molecule has 0 aliphatic rings. The Bertz CT molecular complexity index is 883. The number of hydrogen-bond acceptors (Lipinski definition) is 3. The van der Waals surface area contributed by atoms with Crippen LogP contribution >= 0.6 is 0 Å². The van der Waals surface area contributed by atoms with Crippen molar-refractivity contribution in [1.82, 2.24) is 4.72 Å². The predicted octanol–water partition coefficient (Wildman–Crippen LogP) is 3.46. The molecule has 1 atom stereocenters. The molecule has 0 amide bonds. The number of hydrogen-bond donors (Lipinski definition) is 2. The van der Waals surface area contributed by atoms with E-state index < -0.39 is 45.1 Å². The van der Waals surface area contributed by atoms with Crippen molar-refractivity contribution in [2.75, 3.05) is 0 Å². The van der Waals surface area contributed by atoms with Crippen molar-refractivity contribution in [3.8, 4) is 0 Å². The van der Waals surface area contributed by atoms with Crippen molar-refractivity contribution < 1.29 is 31.5 Å². The van der Waals surface area contributed by atoms with E-state index in [0.717, 1.165) is 23.8 Å². The summed E-state index contributed by atoms with van der Waals surface area (Å²) in [4.78, 5) is 10.5. The Hall–Kier alpha value is -2.39. The molecule has 2 aromatic rings. The Morgan fingerprint density at radius 2 is 1.74 bits per heavy atom. The molecule has 0 spiro atoms. The van der Waals surface area contributed by atoms with Gasteiger partial charge in [-0.15, -0.1) is 0 Å². The van der Waals surface area contributed by atoms with Gasteiger partial charge in [-0.05, 0) is 36.6 Å². The molecule has 5 nitrogen and oxygen atoms in total. The van der Waals surface area contributed by atoms with Gasteiger partial charge in [0.05, 0.1) is 16.9 Å². The third-order valence-corrected chi connectivity index (χ3v) is 5.36. The molecule has 9 heteroatoms. The van der Waals surface area contributed by atoms with Gasteiger partial charge in [0, 0.05) is 6.04 Å². The Morgan fingerprint density at radius 1 is 1.07 bits per heavy atom. The number of carboxylic acids is 1. The summed E-state index contributed by atoms with van der Waals surface area (Å²) in [5.74, 6) is -1.21. The van der Waals surface area contributed by atoms with Crippen LogP contribution in [0, 0.1) is 0 Å². The zero-order valence-electron chi connectivity index (χ0n) is 14.1. The minimum atomic E-state index is -4.68. The number of carboxylic acid groups (broad SMARTS) is 1. The van der Waals surface area contributed by atoms with Crippen LogP contribution in [0.3, 0.4) is 0 Å². The van der Waals surface area contributed by atoms with E-state index in [-0.39, 0.29) is 6.42 Å². The van der Waals surface area contributed by atoms with Gasteiger partial charge >= 0.3 is 12.1 Å². The molecule has 2 aromatic carbocycles. The van der Waals surface area contributed by atoms with Crippen LogP contribution in [-0.4, -0.2) is 25.5 Å². The number of sulfonamides is 1. The summed E-state index contributed by atoms with van der Waals surface area (Å²) in [6, 6.07) is 11.4. The van der Waals surface area contributed by atoms with Crippen LogP contribution < -0.4 is 4.72 Å². The van der Waals surface area contributed by atoms with E-state index in [9.17, 15) is 26.4 Å². The Balaban J connectivity index is 2.18. The average Bonchev–Trinajstić information content (AvgIpc) is 2.59. The van der Waals surface area contributed by atoms with E-state index in [0.29, 0.717) is 12.5 Å². The van der Waals surface area contributed by atoms with Crippen molar-refractivity contribution >= 4 is 16.0 Å². The first-order chi connectivity index (χ1) is 12.6. The smallest absolute Gasteiger partial charge is 0.416 e. The van der Waals surface area contributed by atoms with Crippen LogP contribution in [0.4, 0.5) is 13.2 Å². The molecular weight excluding hydrogens is 383 g/mol. The lowest BCUT2D eigenvalue weighted by Gasteiger charge is -2.18. The number of carbonyl (C=O) groups is 1. The largest absolute Gasteiger partial charge is 0.481 e. The highest BCUT2D eigenvalue weighted by Crippen LogP contribution is 2.30. The zero-order valence-corrected chi connectivity index (χ0v) is 14.9. The van der Waals surface area contributed by atoms with E-state index in [1.54, 1.807) is 12.1 Å². The molecule has 0 radical (unpaired) electrons. The van der Waals surface area contributed by atoms with Gasteiger partial charge in [0.2, 0.25) is 10.0 Å². The number of benzene rings is 2. The summed E-state index contributed by atoms with van der Waals surface area (Å²) in [6.45, 7) is 0. The van der Waals surface area contributed by atoms with Crippen LogP contribution in [0.15, 0.2) is 59.5 Å². The Kier molecular flexibility index (Phi) is 6.61. The predicted molar refractivity (Wildman–Crippen MR) is 92.6 cm³/mol. The number of nitrogens with one attached hydrogen (secondary N) is 1. The van der Waals surface area contributed by atoms with Gasteiger partial charge in [0.15, 0.2) is 0 Å². The second-order valence-corrected chi connectivity index (χ2v) is 7.68. The van der Waals surface area contributed by atoms with Crippen molar-refractivity contribution in [3.05, 3.63) is 65.7 Å². The fourth-order valence-electron chi connectivity index (χ4n) is 2.53. The molecule has 0 aromatic heterocycles. The fraction of sp³-hybridized carbons (Fsp3) is 0.278. The second kappa shape index (κ2) is 8.53. The zero-order chi connectivity index (χ0) is 20.1. The average molecular weight is 401 g/mol. The number of aryl methyl sites for hydroxylation is 1. The number of aliphatic carboxylic acids is 1. The van der Waals surface area contributed by atoms with Gasteiger partial charge in [-0.2, -0.15) is 13.2 Å². The quantitative estimate of drug-likeness (QED) is 0.710. The summed E-state index contributed by atoms with van der Waals surface area (Å²) in [5.41, 5.74) is -0.199. The molecule has 146 valence electrons. The number of halogens is 3. The summed E-state index contributed by atoms with van der Waals surface area (Å²) in [7, 11) is -4.31. The van der Waals surface area contributed by atoms with Gasteiger partial charge < -0.3 is 5.11 Å². The maximum atomic E-state index is 12.8. The standard InChI is InChI=1S/C18H18F3NO4S/c19-18(20,21)14-7-4-8-16(11-14)27(25,26)22-15(12-17(23)24)10-9-13-5-2-1-3-6-13/h1-8,11,15,22H,9-10,12H2,(H,23,24). The van der Waals surface area contributed by atoms with Gasteiger partial charge in [0.1, 0.15) is 0 Å². The highest BCUT2D eigenvalue weighted by molar-refractivity contribution is 7.89. The topological polar surface area (TPSA) is 83.5 Å². The van der Waals surface area contributed by atoms with E-state index in [4.69, 9.17) is 5.11 Å². The van der Waals surface area contributed by atoms with Gasteiger partial charge in [-0.3, -0.25) is 4.79 Å². The minimum absolute atomic E-state index is 0.189. The molecule has 0 aliphatic carbocycles. The second-order valence-electron chi connectivity index (χ2n) is 5.97. The molecule has 0 heterocycles. The van der Waals surface area contributed by atoms with E-state index in [1.165, 1.54) is 0 Å². The normalized spacial score (nSPS) is 13.3. The minimum Gasteiger partial charge on any atom is -0.481 e. The van der Waals surface area contributed by atoms with Crippen molar-refractivity contribution in [1.29, 1.82) is 0 Å². The Labute approximate surface area is 154 Å².